The SMILES string of the molecule is COc1ccc(-c2nc(CC(=O)NCCn3ccc4c(OC)cccc43)cs2)cc1OC. The molecule has 0 aliphatic heterocycles. The van der Waals surface area contributed by atoms with Gasteiger partial charge in [-0.05, 0) is 36.4 Å². The Morgan fingerprint density at radius 1 is 1.03 bits per heavy atom. The summed E-state index contributed by atoms with van der Waals surface area (Å²) in [6.07, 6.45) is 2.25. The number of hydrogen-bond donors (Lipinski definition) is 1. The molecule has 0 spiro atoms. The number of nitrogens with one attached hydrogen (secondary N) is 1. The summed E-state index contributed by atoms with van der Waals surface area (Å²) in [5.41, 5.74) is 2.75. The zero-order valence-corrected chi connectivity index (χ0v) is 19.1. The number of rotatable bonds is 9. The van der Waals surface area contributed by atoms with Crippen LogP contribution in [0.25, 0.3) is 21.5 Å². The van der Waals surface area contributed by atoms with Crippen molar-refractivity contribution in [3.8, 4) is 27.8 Å². The molecule has 4 rings (SSSR count). The lowest BCUT2D eigenvalue weighted by Crippen LogP contribution is -2.28. The second-order valence-electron chi connectivity index (χ2n) is 7.14. The zero-order chi connectivity index (χ0) is 22.5. The second kappa shape index (κ2) is 9.74. The van der Waals surface area contributed by atoms with E-state index in [4.69, 9.17) is 14.2 Å². The van der Waals surface area contributed by atoms with Crippen LogP contribution in [0, 0.1) is 0 Å². The van der Waals surface area contributed by atoms with Crippen LogP contribution in [-0.4, -0.2) is 43.3 Å². The molecule has 4 aromatic rings. The van der Waals surface area contributed by atoms with Crippen molar-refractivity contribution < 1.29 is 19.0 Å². The number of carbonyl (C=O) groups is 1. The standard InChI is InChI=1S/C24H25N3O4S/c1-29-20-6-4-5-19-18(20)9-11-27(19)12-10-25-23(28)14-17-15-32-24(26-17)16-7-8-21(30-2)22(13-16)31-3/h4-9,11,13,15H,10,12,14H2,1-3H3,(H,25,28). The molecular weight excluding hydrogens is 426 g/mol. The van der Waals surface area contributed by atoms with Crippen LogP contribution in [0.1, 0.15) is 5.69 Å². The average molecular weight is 452 g/mol. The van der Waals surface area contributed by atoms with Crippen molar-refractivity contribution in [1.82, 2.24) is 14.9 Å². The highest BCUT2D eigenvalue weighted by Crippen LogP contribution is 2.33. The van der Waals surface area contributed by atoms with Gasteiger partial charge in [-0.3, -0.25) is 4.79 Å². The molecule has 0 aliphatic carbocycles. The van der Waals surface area contributed by atoms with Gasteiger partial charge >= 0.3 is 0 Å². The van der Waals surface area contributed by atoms with Crippen molar-refractivity contribution in [2.24, 2.45) is 0 Å². The maximum absolute atomic E-state index is 12.4. The summed E-state index contributed by atoms with van der Waals surface area (Å²) in [6, 6.07) is 13.7. The quantitative estimate of drug-likeness (QED) is 0.414. The first-order valence-electron chi connectivity index (χ1n) is 10.2. The van der Waals surface area contributed by atoms with Crippen LogP contribution in [0.4, 0.5) is 0 Å². The van der Waals surface area contributed by atoms with Crippen molar-refractivity contribution in [1.29, 1.82) is 0 Å². The number of carbonyl (C=O) groups excluding carboxylic acids is 1. The van der Waals surface area contributed by atoms with Gasteiger partial charge in [0.25, 0.3) is 0 Å². The largest absolute Gasteiger partial charge is 0.496 e. The predicted molar refractivity (Wildman–Crippen MR) is 126 cm³/mol. The van der Waals surface area contributed by atoms with Crippen LogP contribution in [0.2, 0.25) is 0 Å². The summed E-state index contributed by atoms with van der Waals surface area (Å²) in [7, 11) is 4.88. The van der Waals surface area contributed by atoms with E-state index in [2.05, 4.69) is 14.9 Å². The molecule has 8 heteroatoms. The third kappa shape index (κ3) is 4.55. The zero-order valence-electron chi connectivity index (χ0n) is 18.3. The number of thiazole rings is 1. The molecule has 0 radical (unpaired) electrons. The first kappa shape index (κ1) is 21.7. The number of ether oxygens (including phenoxy) is 3. The molecule has 166 valence electrons. The van der Waals surface area contributed by atoms with E-state index in [1.807, 2.05) is 54.0 Å². The Morgan fingerprint density at radius 3 is 2.62 bits per heavy atom. The molecule has 0 bridgehead atoms. The Bertz CT molecular complexity index is 1230. The molecule has 2 aromatic heterocycles. The Kier molecular flexibility index (Phi) is 6.61. The topological polar surface area (TPSA) is 74.6 Å². The number of nitrogens with zero attached hydrogens (tertiary/aromatic N) is 2. The Balaban J connectivity index is 1.34. The summed E-state index contributed by atoms with van der Waals surface area (Å²) >= 11 is 1.50. The van der Waals surface area contributed by atoms with Crippen LogP contribution in [0.5, 0.6) is 17.2 Å². The molecule has 0 aliphatic rings. The molecule has 2 heterocycles. The van der Waals surface area contributed by atoms with E-state index in [9.17, 15) is 4.79 Å². The molecule has 1 amide bonds. The number of amides is 1. The van der Waals surface area contributed by atoms with Gasteiger partial charge in [0.2, 0.25) is 5.91 Å². The number of hydrogen-bond acceptors (Lipinski definition) is 6. The predicted octanol–water partition coefficient (Wildman–Crippen LogP) is 4.15. The van der Waals surface area contributed by atoms with Gasteiger partial charge < -0.3 is 24.1 Å². The van der Waals surface area contributed by atoms with Crippen molar-refractivity contribution in [2.75, 3.05) is 27.9 Å². The van der Waals surface area contributed by atoms with Gasteiger partial charge in [-0.15, -0.1) is 11.3 Å². The van der Waals surface area contributed by atoms with Gasteiger partial charge in [-0.1, -0.05) is 6.07 Å². The van der Waals surface area contributed by atoms with E-state index in [1.165, 1.54) is 11.3 Å². The first-order valence-corrected chi connectivity index (χ1v) is 11.1. The normalized spacial score (nSPS) is 10.8. The fourth-order valence-corrected chi connectivity index (χ4v) is 4.42. The van der Waals surface area contributed by atoms with Gasteiger partial charge in [-0.25, -0.2) is 4.98 Å². The highest BCUT2D eigenvalue weighted by molar-refractivity contribution is 7.13. The van der Waals surface area contributed by atoms with Crippen molar-refractivity contribution >= 4 is 28.1 Å². The molecule has 0 atom stereocenters. The lowest BCUT2D eigenvalue weighted by Gasteiger charge is -2.08. The smallest absolute Gasteiger partial charge is 0.226 e. The van der Waals surface area contributed by atoms with Crippen LogP contribution >= 0.6 is 11.3 Å². The van der Waals surface area contributed by atoms with Gasteiger partial charge in [-0.2, -0.15) is 0 Å². The monoisotopic (exact) mass is 451 g/mol. The van der Waals surface area contributed by atoms with Gasteiger partial charge in [0.1, 0.15) is 10.8 Å². The molecule has 7 nitrogen and oxygen atoms in total. The number of aromatic nitrogens is 2. The third-order valence-electron chi connectivity index (χ3n) is 5.19. The minimum Gasteiger partial charge on any atom is -0.496 e. The van der Waals surface area contributed by atoms with Crippen molar-refractivity contribution in [2.45, 2.75) is 13.0 Å². The summed E-state index contributed by atoms with van der Waals surface area (Å²) in [6.45, 7) is 1.21. The molecule has 0 fully saturated rings. The van der Waals surface area contributed by atoms with Gasteiger partial charge in [0.15, 0.2) is 11.5 Å². The van der Waals surface area contributed by atoms with Gasteiger partial charge in [0, 0.05) is 35.6 Å². The Morgan fingerprint density at radius 2 is 1.84 bits per heavy atom. The highest BCUT2D eigenvalue weighted by Gasteiger charge is 2.12. The molecule has 0 unspecified atom stereocenters. The third-order valence-corrected chi connectivity index (χ3v) is 6.13. The molecule has 1 N–H and O–H groups in total. The van der Waals surface area contributed by atoms with E-state index in [0.29, 0.717) is 24.6 Å². The fourth-order valence-electron chi connectivity index (χ4n) is 3.60. The highest BCUT2D eigenvalue weighted by atomic mass is 32.1. The van der Waals surface area contributed by atoms with E-state index in [0.717, 1.165) is 32.9 Å². The Labute approximate surface area is 190 Å². The molecular formula is C24H25N3O4S. The van der Waals surface area contributed by atoms with E-state index < -0.39 is 0 Å². The molecule has 32 heavy (non-hydrogen) atoms. The van der Waals surface area contributed by atoms with Crippen LogP contribution in [0.15, 0.2) is 54.0 Å². The first-order chi connectivity index (χ1) is 15.6. The van der Waals surface area contributed by atoms with E-state index >= 15 is 0 Å². The average Bonchev–Trinajstić information content (AvgIpc) is 3.45. The minimum absolute atomic E-state index is 0.0526. The molecule has 0 saturated carbocycles. The van der Waals surface area contributed by atoms with Crippen LogP contribution in [0.3, 0.4) is 0 Å². The summed E-state index contributed by atoms with van der Waals surface area (Å²) in [5.74, 6) is 2.11. The summed E-state index contributed by atoms with van der Waals surface area (Å²) in [4.78, 5) is 17.0. The summed E-state index contributed by atoms with van der Waals surface area (Å²) in [5, 5.41) is 6.79. The second-order valence-corrected chi connectivity index (χ2v) is 8.00. The maximum atomic E-state index is 12.4. The lowest BCUT2D eigenvalue weighted by atomic mass is 10.2. The van der Waals surface area contributed by atoms with E-state index in [-0.39, 0.29) is 12.3 Å². The molecule has 0 saturated heterocycles. The van der Waals surface area contributed by atoms with Gasteiger partial charge in [0.05, 0.1) is 39.0 Å². The fraction of sp³-hybridized carbons (Fsp3) is 0.250. The lowest BCUT2D eigenvalue weighted by molar-refractivity contribution is -0.120. The number of methoxy groups -OCH3 is 3. The molecule has 2 aromatic carbocycles. The van der Waals surface area contributed by atoms with Crippen LogP contribution in [-0.2, 0) is 17.8 Å². The Hall–Kier alpha value is -3.52. The van der Waals surface area contributed by atoms with Crippen molar-refractivity contribution in [3.63, 3.8) is 0 Å². The van der Waals surface area contributed by atoms with E-state index in [1.54, 1.807) is 21.3 Å². The number of fused-ring (bicyclic) bond motifs is 1. The van der Waals surface area contributed by atoms with Crippen LogP contribution < -0.4 is 19.5 Å². The van der Waals surface area contributed by atoms with Crippen molar-refractivity contribution in [3.05, 3.63) is 59.7 Å². The number of benzene rings is 2. The maximum Gasteiger partial charge on any atom is 0.226 e. The summed E-state index contributed by atoms with van der Waals surface area (Å²) < 4.78 is 18.2. The minimum atomic E-state index is -0.0526.